The summed E-state index contributed by atoms with van der Waals surface area (Å²) in [6, 6.07) is 68.7. The van der Waals surface area contributed by atoms with Gasteiger partial charge in [0.25, 0.3) is 0 Å². The van der Waals surface area contributed by atoms with Gasteiger partial charge in [0, 0.05) is 0 Å². The van der Waals surface area contributed by atoms with Crippen LogP contribution in [0.4, 0.5) is 0 Å². The second kappa shape index (κ2) is 17.4. The Bertz CT molecular complexity index is 2240. The third-order valence-corrected chi connectivity index (χ3v) is 18.4. The summed E-state index contributed by atoms with van der Waals surface area (Å²) in [5, 5.41) is 15.0. The van der Waals surface area contributed by atoms with Gasteiger partial charge >= 0.3 is 273 Å². The summed E-state index contributed by atoms with van der Waals surface area (Å²) in [4.78, 5) is 29.3. The average molecular weight is 769 g/mol. The Hall–Kier alpha value is -5.66. The smallest absolute Gasteiger partial charge is 0.0622 e. The van der Waals surface area contributed by atoms with E-state index in [1.54, 1.807) is 0 Å². The quantitative estimate of drug-likeness (QED) is 0.136. The Morgan fingerprint density at radius 2 is 0.786 bits per heavy atom. The van der Waals surface area contributed by atoms with Gasteiger partial charge in [-0.25, -0.2) is 0 Å². The zero-order valence-corrected chi connectivity index (χ0v) is 33.2. The van der Waals surface area contributed by atoms with E-state index in [4.69, 9.17) is 0 Å². The number of rotatable bonds is 11. The first kappa shape index (κ1) is 37.3. The number of benzene rings is 7. The second-order valence-corrected chi connectivity index (χ2v) is 20.3. The first-order valence-corrected chi connectivity index (χ1v) is 22.9. The minimum Gasteiger partial charge on any atom is -0.0622 e. The van der Waals surface area contributed by atoms with Crippen LogP contribution in [0.5, 0.6) is 0 Å². The first-order valence-electron chi connectivity index (χ1n) is 19.5. The molecule has 56 heavy (non-hydrogen) atoms. The number of hydrogen-bond acceptors (Lipinski definition) is 2. The Morgan fingerprint density at radius 1 is 0.429 bits per heavy atom. The van der Waals surface area contributed by atoms with Gasteiger partial charge in [0.15, 0.2) is 0 Å². The Balaban J connectivity index is 1.13. The van der Waals surface area contributed by atoms with E-state index in [2.05, 4.69) is 168 Å². The van der Waals surface area contributed by atoms with Gasteiger partial charge in [-0.1, -0.05) is 60.7 Å². The molecule has 4 nitrogen and oxygen atoms in total. The van der Waals surface area contributed by atoms with Crippen LogP contribution in [-0.4, -0.2) is 23.9 Å². The average Bonchev–Trinajstić information content (AvgIpc) is 3.27. The number of nitrogens with one attached hydrogen (secondary N) is 2. The van der Waals surface area contributed by atoms with E-state index in [0.717, 1.165) is 36.3 Å². The third-order valence-electron chi connectivity index (χ3n) is 11.0. The molecule has 2 atom stereocenters. The molecule has 0 bridgehead atoms. The Labute approximate surface area is 332 Å². The standard InChI is InChI=1S/C50H46N2O2P2/c53-49(43-32-16-20-36-47(43)55(38-22-6-1-7-23-38)39-24-8-2-9-25-39)51-45-34-18-19-35-46(45)52-50(54)44-33-17-21-37-48(44)56(40-26-10-3-11-27-40,41-28-12-4-13-29-41)42-30-14-5-15-31-42/h1-17,20-33,36-37,45-46,56H,18-19,34-35H2,(H,51,53)(H,52,54)/t45-,46-/m1/s1. The van der Waals surface area contributed by atoms with E-state index in [0.29, 0.717) is 11.1 Å². The van der Waals surface area contributed by atoms with Crippen LogP contribution in [0.2, 0.25) is 0 Å². The molecule has 0 saturated heterocycles. The van der Waals surface area contributed by atoms with E-state index in [-0.39, 0.29) is 23.9 Å². The molecule has 2 N–H and O–H groups in total. The molecule has 6 heteroatoms. The van der Waals surface area contributed by atoms with Gasteiger partial charge in [-0.15, -0.1) is 0 Å². The van der Waals surface area contributed by atoms with Gasteiger partial charge in [-0.3, -0.25) is 0 Å². The monoisotopic (exact) mass is 768 g/mol. The maximum atomic E-state index is 14.8. The normalized spacial score (nSPS) is 15.8. The van der Waals surface area contributed by atoms with Gasteiger partial charge in [0.1, 0.15) is 0 Å². The number of amides is 2. The van der Waals surface area contributed by atoms with Crippen molar-refractivity contribution >= 4 is 64.1 Å². The summed E-state index contributed by atoms with van der Waals surface area (Å²) < 4.78 is 0. The minimum atomic E-state index is -2.96. The van der Waals surface area contributed by atoms with E-state index in [9.17, 15) is 9.59 Å². The van der Waals surface area contributed by atoms with E-state index in [1.807, 2.05) is 42.5 Å². The summed E-state index contributed by atoms with van der Waals surface area (Å²) in [5.41, 5.74) is 1.35. The van der Waals surface area contributed by atoms with Crippen molar-refractivity contribution < 1.29 is 9.59 Å². The topological polar surface area (TPSA) is 58.2 Å². The van der Waals surface area contributed by atoms with Crippen molar-refractivity contribution in [1.82, 2.24) is 10.6 Å². The van der Waals surface area contributed by atoms with Crippen molar-refractivity contribution in [2.24, 2.45) is 0 Å². The van der Waals surface area contributed by atoms with Crippen molar-refractivity contribution in [3.8, 4) is 0 Å². The van der Waals surface area contributed by atoms with E-state index < -0.39 is 15.2 Å². The zero-order valence-electron chi connectivity index (χ0n) is 31.3. The van der Waals surface area contributed by atoms with Gasteiger partial charge in [0.2, 0.25) is 0 Å². The van der Waals surface area contributed by atoms with Crippen LogP contribution < -0.4 is 47.8 Å². The number of carbonyl (C=O) groups excluding carboxylic acids is 2. The summed E-state index contributed by atoms with van der Waals surface area (Å²) in [6.45, 7) is 0. The predicted molar refractivity (Wildman–Crippen MR) is 239 cm³/mol. The van der Waals surface area contributed by atoms with Crippen molar-refractivity contribution in [2.75, 3.05) is 0 Å². The van der Waals surface area contributed by atoms with Crippen LogP contribution in [0.1, 0.15) is 46.4 Å². The predicted octanol–water partition coefficient (Wildman–Crippen LogP) is 7.27. The summed E-state index contributed by atoms with van der Waals surface area (Å²) in [7, 11) is -3.94. The SMILES string of the molecule is O=C(N[C@@H]1CCCC[C@H]1NC(=O)c1ccccc1[PH](c1ccccc1)(c1ccccc1)c1ccccc1)c1ccccc1P(c1ccccc1)c1ccccc1. The molecule has 1 aliphatic carbocycles. The van der Waals surface area contributed by atoms with Gasteiger partial charge in [-0.05, 0) is 0 Å². The molecular weight excluding hydrogens is 723 g/mol. The van der Waals surface area contributed by atoms with Gasteiger partial charge < -0.3 is 0 Å². The number of carbonyl (C=O) groups is 2. The molecule has 1 saturated carbocycles. The van der Waals surface area contributed by atoms with Crippen molar-refractivity contribution in [3.63, 3.8) is 0 Å². The number of hydrogen-bond donors (Lipinski definition) is 2. The maximum absolute atomic E-state index is 14.8. The molecule has 0 heterocycles. The fourth-order valence-corrected chi connectivity index (χ4v) is 15.9. The van der Waals surface area contributed by atoms with Crippen LogP contribution >= 0.6 is 15.2 Å². The molecule has 0 aliphatic heterocycles. The fourth-order valence-electron chi connectivity index (χ4n) is 8.45. The zero-order chi connectivity index (χ0) is 38.2. The van der Waals surface area contributed by atoms with Crippen LogP contribution in [0.15, 0.2) is 200 Å². The summed E-state index contributed by atoms with van der Waals surface area (Å²) in [6.07, 6.45) is 3.56. The Kier molecular flexibility index (Phi) is 11.6. The van der Waals surface area contributed by atoms with Crippen molar-refractivity contribution in [3.05, 3.63) is 211 Å². The van der Waals surface area contributed by atoms with Crippen molar-refractivity contribution in [1.29, 1.82) is 0 Å². The molecule has 8 rings (SSSR count). The summed E-state index contributed by atoms with van der Waals surface area (Å²) >= 11 is 0. The first-order chi connectivity index (χ1) is 27.6. The molecule has 2 amide bonds. The fraction of sp³-hybridized carbons (Fsp3) is 0.120. The summed E-state index contributed by atoms with van der Waals surface area (Å²) in [5.74, 6) is -0.210. The van der Waals surface area contributed by atoms with Crippen LogP contribution in [0, 0.1) is 0 Å². The molecule has 1 fully saturated rings. The van der Waals surface area contributed by atoms with Crippen LogP contribution in [0.25, 0.3) is 0 Å². The van der Waals surface area contributed by atoms with Crippen LogP contribution in [-0.2, 0) is 0 Å². The Morgan fingerprint density at radius 3 is 1.25 bits per heavy atom. The molecule has 0 spiro atoms. The molecule has 0 aromatic heterocycles. The molecule has 7 aromatic rings. The second-order valence-electron chi connectivity index (χ2n) is 14.4. The molecule has 278 valence electrons. The molecule has 0 radical (unpaired) electrons. The minimum absolute atomic E-state index is 0.102. The molecule has 7 aromatic carbocycles. The molecule has 1 aliphatic rings. The molecule has 0 unspecified atom stereocenters. The van der Waals surface area contributed by atoms with Crippen molar-refractivity contribution in [2.45, 2.75) is 37.8 Å². The van der Waals surface area contributed by atoms with E-state index in [1.165, 1.54) is 26.5 Å². The van der Waals surface area contributed by atoms with E-state index >= 15 is 0 Å². The third kappa shape index (κ3) is 7.61. The van der Waals surface area contributed by atoms with Gasteiger partial charge in [0.05, 0.1) is 0 Å². The molecular formula is C50H46N2O2P2. The van der Waals surface area contributed by atoms with Crippen LogP contribution in [0.3, 0.4) is 0 Å². The van der Waals surface area contributed by atoms with Gasteiger partial charge in [-0.2, -0.15) is 0 Å².